The van der Waals surface area contributed by atoms with Crippen molar-refractivity contribution in [1.29, 1.82) is 0 Å². The summed E-state index contributed by atoms with van der Waals surface area (Å²) >= 11 is 0. The highest BCUT2D eigenvalue weighted by Gasteiger charge is 2.66. The van der Waals surface area contributed by atoms with Crippen LogP contribution in [0.1, 0.15) is 124 Å². The summed E-state index contributed by atoms with van der Waals surface area (Å²) in [7, 11) is 0. The molecule has 5 aliphatic carbocycles. The van der Waals surface area contributed by atoms with Crippen molar-refractivity contribution in [2.24, 2.45) is 57.2 Å². The Balaban J connectivity index is 1.22. The van der Waals surface area contributed by atoms with E-state index in [9.17, 15) is 19.2 Å². The van der Waals surface area contributed by atoms with Gasteiger partial charge in [-0.2, -0.15) is 0 Å². The summed E-state index contributed by atoms with van der Waals surface area (Å²) in [6.07, 6.45) is 9.35. The van der Waals surface area contributed by atoms with Crippen LogP contribution in [0.3, 0.4) is 0 Å². The highest BCUT2D eigenvalue weighted by Crippen LogP contribution is 2.71. The van der Waals surface area contributed by atoms with Crippen LogP contribution in [0.5, 0.6) is 0 Å². The molecule has 9 atom stereocenters. The summed E-state index contributed by atoms with van der Waals surface area (Å²) in [5.74, 6) is 2.35. The van der Waals surface area contributed by atoms with Crippen LogP contribution in [0.15, 0.2) is 35.4 Å². The average Bonchev–Trinajstić information content (AvgIpc) is 3.36. The molecule has 6 rings (SSSR count). The Labute approximate surface area is 295 Å². The molecule has 5 aliphatic rings. The molecule has 49 heavy (non-hydrogen) atoms. The van der Waals surface area contributed by atoms with E-state index in [1.807, 2.05) is 0 Å². The summed E-state index contributed by atoms with van der Waals surface area (Å²) < 4.78 is 6.09. The van der Waals surface area contributed by atoms with E-state index in [-0.39, 0.29) is 58.6 Å². The summed E-state index contributed by atoms with van der Waals surface area (Å²) in [5.41, 5.74) is 3.54. The van der Waals surface area contributed by atoms with Crippen LogP contribution in [-0.4, -0.2) is 36.5 Å². The van der Waals surface area contributed by atoms with E-state index < -0.39 is 10.8 Å². The number of benzene rings is 1. The Bertz CT molecular complexity index is 1510. The molecule has 9 unspecified atom stereocenters. The molecule has 1 N–H and O–H groups in total. The van der Waals surface area contributed by atoms with Gasteiger partial charge in [0.25, 0.3) is 0 Å². The van der Waals surface area contributed by atoms with Crippen LogP contribution in [0.4, 0.5) is 0 Å². The molecule has 0 radical (unpaired) electrons. The quantitative estimate of drug-likeness (QED) is 0.199. The molecule has 4 saturated carbocycles. The first-order chi connectivity index (χ1) is 23.1. The number of ether oxygens (including phenoxy) is 1. The fourth-order valence-electron chi connectivity index (χ4n) is 12.2. The highest BCUT2D eigenvalue weighted by molar-refractivity contribution is 6.07. The van der Waals surface area contributed by atoms with Gasteiger partial charge in [0.15, 0.2) is 11.6 Å². The van der Waals surface area contributed by atoms with Gasteiger partial charge in [-0.05, 0) is 121 Å². The SMILES string of the molecule is Cc1ccc(CNCC(=O)C23CCC4C(CCC5C4(C)CCC4C(C)C(OC(=O)CC(C)(C)C=O)CCC45C)C2=C(C(C)C)C(=O)C3)cc1. The monoisotopic (exact) mass is 671 g/mol. The number of Topliss-reactive ketones (excluding diaryl/α,β-unsaturated/α-hetero) is 2. The predicted molar refractivity (Wildman–Crippen MR) is 192 cm³/mol. The zero-order chi connectivity index (χ0) is 35.5. The first-order valence-corrected chi connectivity index (χ1v) is 19.3. The standard InChI is InChI=1S/C43H61NO5/c1-26(2)38-33(46)21-43(36(47)24-44-23-29-11-9-27(3)10-12-29)20-16-32-30(39(38)43)13-14-35-41(7)19-17-34(49-37(48)22-40(5,6)25-45)28(4)31(41)15-18-42(32,35)8/h9-12,25-26,28,30-32,34-35,44H,13-24H2,1-8H3. The number of allylic oxidation sites excluding steroid dienone is 2. The number of esters is 1. The molecule has 0 aromatic heterocycles. The van der Waals surface area contributed by atoms with Gasteiger partial charge in [0.1, 0.15) is 12.4 Å². The van der Waals surface area contributed by atoms with E-state index in [4.69, 9.17) is 4.74 Å². The van der Waals surface area contributed by atoms with Gasteiger partial charge in [-0.25, -0.2) is 0 Å². The third kappa shape index (κ3) is 6.20. The zero-order valence-electron chi connectivity index (χ0n) is 31.5. The molecule has 0 heterocycles. The van der Waals surface area contributed by atoms with Gasteiger partial charge in [0, 0.05) is 18.4 Å². The molecule has 0 bridgehead atoms. The first-order valence-electron chi connectivity index (χ1n) is 19.3. The summed E-state index contributed by atoms with van der Waals surface area (Å²) in [6, 6.07) is 8.44. The lowest BCUT2D eigenvalue weighted by atomic mass is 9.38. The van der Waals surface area contributed by atoms with Crippen LogP contribution < -0.4 is 5.32 Å². The van der Waals surface area contributed by atoms with Crippen molar-refractivity contribution in [1.82, 2.24) is 5.32 Å². The molecule has 6 nitrogen and oxygen atoms in total. The van der Waals surface area contributed by atoms with E-state index in [2.05, 4.69) is 71.1 Å². The zero-order valence-corrected chi connectivity index (χ0v) is 31.5. The van der Waals surface area contributed by atoms with Crippen LogP contribution in [0, 0.1) is 64.1 Å². The second kappa shape index (κ2) is 13.2. The normalized spacial score (nSPS) is 37.2. The van der Waals surface area contributed by atoms with Crippen molar-refractivity contribution in [2.45, 2.75) is 132 Å². The van der Waals surface area contributed by atoms with Gasteiger partial charge >= 0.3 is 5.97 Å². The highest BCUT2D eigenvalue weighted by atomic mass is 16.5. The number of aryl methyl sites for hydroxylation is 1. The predicted octanol–water partition coefficient (Wildman–Crippen LogP) is 8.38. The number of ketones is 2. The number of hydrogen-bond acceptors (Lipinski definition) is 6. The minimum absolute atomic E-state index is 0.0992. The number of rotatable bonds is 10. The molecule has 6 heteroatoms. The summed E-state index contributed by atoms with van der Waals surface area (Å²) in [4.78, 5) is 52.5. The second-order valence-electron chi connectivity index (χ2n) is 18.4. The molecule has 0 aliphatic heterocycles. The van der Waals surface area contributed by atoms with Gasteiger partial charge in [-0.3, -0.25) is 14.4 Å². The van der Waals surface area contributed by atoms with E-state index in [0.717, 1.165) is 63.2 Å². The molecule has 1 aromatic rings. The van der Waals surface area contributed by atoms with Crippen molar-refractivity contribution in [3.05, 3.63) is 46.5 Å². The van der Waals surface area contributed by atoms with Gasteiger partial charge in [-0.15, -0.1) is 0 Å². The molecule has 0 amide bonds. The van der Waals surface area contributed by atoms with Gasteiger partial charge in [-0.1, -0.05) is 78.3 Å². The van der Waals surface area contributed by atoms with Gasteiger partial charge < -0.3 is 14.8 Å². The van der Waals surface area contributed by atoms with Gasteiger partial charge in [0.05, 0.1) is 18.4 Å². The Morgan fingerprint density at radius 3 is 2.31 bits per heavy atom. The lowest BCUT2D eigenvalue weighted by molar-refractivity contribution is -0.191. The molecule has 1 aromatic carbocycles. The lowest BCUT2D eigenvalue weighted by Gasteiger charge is -2.67. The van der Waals surface area contributed by atoms with E-state index >= 15 is 0 Å². The topological polar surface area (TPSA) is 89.5 Å². The minimum Gasteiger partial charge on any atom is -0.462 e. The van der Waals surface area contributed by atoms with Crippen LogP contribution in [0.25, 0.3) is 0 Å². The summed E-state index contributed by atoms with van der Waals surface area (Å²) in [6.45, 7) is 18.3. The Morgan fingerprint density at radius 1 is 0.980 bits per heavy atom. The minimum atomic E-state index is -0.705. The molecule has 0 saturated heterocycles. The lowest BCUT2D eigenvalue weighted by Crippen LogP contribution is -2.61. The van der Waals surface area contributed by atoms with Crippen molar-refractivity contribution >= 4 is 23.8 Å². The maximum atomic E-state index is 14.4. The molecular formula is C43H61NO5. The van der Waals surface area contributed by atoms with Crippen molar-refractivity contribution < 1.29 is 23.9 Å². The summed E-state index contributed by atoms with van der Waals surface area (Å²) in [5, 5.41) is 3.45. The Kier molecular flexibility index (Phi) is 9.74. The maximum Gasteiger partial charge on any atom is 0.307 e. The first kappa shape index (κ1) is 36.2. The largest absolute Gasteiger partial charge is 0.462 e. The molecular weight excluding hydrogens is 610 g/mol. The Morgan fingerprint density at radius 2 is 1.63 bits per heavy atom. The maximum absolute atomic E-state index is 14.4. The number of nitrogens with one attached hydrogen (secondary N) is 1. The molecule has 0 spiro atoms. The number of carbonyl (C=O) groups excluding carboxylic acids is 4. The van der Waals surface area contributed by atoms with Gasteiger partial charge in [0.2, 0.25) is 0 Å². The van der Waals surface area contributed by atoms with E-state index in [0.29, 0.717) is 37.3 Å². The van der Waals surface area contributed by atoms with Crippen molar-refractivity contribution in [3.8, 4) is 0 Å². The number of aldehydes is 1. The fourth-order valence-corrected chi connectivity index (χ4v) is 12.2. The number of hydrogen-bond donors (Lipinski definition) is 1. The third-order valence-corrected chi connectivity index (χ3v) is 14.6. The third-order valence-electron chi connectivity index (χ3n) is 14.6. The van der Waals surface area contributed by atoms with Crippen LogP contribution in [0.2, 0.25) is 0 Å². The smallest absolute Gasteiger partial charge is 0.307 e. The van der Waals surface area contributed by atoms with Crippen molar-refractivity contribution in [2.75, 3.05) is 6.54 Å². The second-order valence-corrected chi connectivity index (χ2v) is 18.4. The fraction of sp³-hybridized carbons (Fsp3) is 0.721. The Hall–Kier alpha value is -2.60. The average molecular weight is 672 g/mol. The molecule has 4 fully saturated rings. The van der Waals surface area contributed by atoms with Crippen LogP contribution in [-0.2, 0) is 30.5 Å². The molecule has 268 valence electrons. The van der Waals surface area contributed by atoms with E-state index in [1.165, 1.54) is 16.7 Å². The van der Waals surface area contributed by atoms with E-state index in [1.54, 1.807) is 13.8 Å². The van der Waals surface area contributed by atoms with Crippen LogP contribution >= 0.6 is 0 Å². The number of fused-ring (bicyclic) bond motifs is 7. The van der Waals surface area contributed by atoms with Crippen molar-refractivity contribution in [3.63, 3.8) is 0 Å². The number of carbonyl (C=O) groups is 4.